The molecule has 0 aromatic carbocycles. The van der Waals surface area contributed by atoms with E-state index in [1.807, 2.05) is 41.8 Å². The van der Waals surface area contributed by atoms with E-state index in [1.165, 1.54) is 0 Å². The number of ether oxygens (including phenoxy) is 1. The summed E-state index contributed by atoms with van der Waals surface area (Å²) in [6, 6.07) is 0.600. The number of rotatable bonds is 6. The number of alkyl carbamates (subject to hydrolysis) is 1. The second-order valence-corrected chi connectivity index (χ2v) is 6.11. The number of hydrogen-bond acceptors (Lipinski definition) is 4. The van der Waals surface area contributed by atoms with Gasteiger partial charge in [-0.3, -0.25) is 0 Å². The van der Waals surface area contributed by atoms with Crippen LogP contribution >= 0.6 is 0 Å². The lowest BCUT2D eigenvalue weighted by atomic mass is 10.2. The van der Waals surface area contributed by atoms with Crippen LogP contribution < -0.4 is 10.6 Å². The Balaban J connectivity index is 3.83. The summed E-state index contributed by atoms with van der Waals surface area (Å²) in [5.41, 5.74) is -0.445. The lowest BCUT2D eigenvalue weighted by Crippen LogP contribution is -2.46. The first-order chi connectivity index (χ1) is 8.10. The lowest BCUT2D eigenvalue weighted by molar-refractivity contribution is 0.0522. The van der Waals surface area contributed by atoms with E-state index >= 15 is 0 Å². The van der Waals surface area contributed by atoms with Gasteiger partial charge in [0.25, 0.3) is 0 Å². The third kappa shape index (κ3) is 10.4. The summed E-state index contributed by atoms with van der Waals surface area (Å²) >= 11 is 0. The molecule has 0 rings (SSSR count). The molecule has 5 heteroatoms. The Hall–Kier alpha value is -0.810. The van der Waals surface area contributed by atoms with Crippen molar-refractivity contribution in [3.05, 3.63) is 0 Å². The molecule has 5 nitrogen and oxygen atoms in total. The minimum Gasteiger partial charge on any atom is -0.444 e. The van der Waals surface area contributed by atoms with Crippen LogP contribution in [0.15, 0.2) is 0 Å². The van der Waals surface area contributed by atoms with Gasteiger partial charge in [-0.05, 0) is 48.7 Å². The molecule has 2 unspecified atom stereocenters. The van der Waals surface area contributed by atoms with Gasteiger partial charge in [-0.1, -0.05) is 0 Å². The summed E-state index contributed by atoms with van der Waals surface area (Å²) in [7, 11) is 4.09. The molecule has 0 saturated heterocycles. The predicted octanol–water partition coefficient (Wildman–Crippen LogP) is 1.44. The van der Waals surface area contributed by atoms with Crippen LogP contribution in [-0.4, -0.2) is 55.9 Å². The Morgan fingerprint density at radius 3 is 2.22 bits per heavy atom. The van der Waals surface area contributed by atoms with Gasteiger partial charge in [0.15, 0.2) is 0 Å². The van der Waals surface area contributed by atoms with E-state index in [2.05, 4.69) is 22.5 Å². The number of carbonyl (C=O) groups is 1. The zero-order valence-corrected chi connectivity index (χ0v) is 12.8. The summed E-state index contributed by atoms with van der Waals surface area (Å²) in [6.07, 6.45) is -0.364. The molecular weight excluding hydrogens is 230 g/mol. The molecule has 0 bridgehead atoms. The first-order valence-electron chi connectivity index (χ1n) is 6.48. The third-order valence-corrected chi connectivity index (χ3v) is 2.16. The van der Waals surface area contributed by atoms with E-state index in [1.54, 1.807) is 0 Å². The van der Waals surface area contributed by atoms with Gasteiger partial charge in [0, 0.05) is 25.2 Å². The molecule has 18 heavy (non-hydrogen) atoms. The minimum atomic E-state index is -0.445. The number of hydrogen-bond donors (Lipinski definition) is 2. The summed E-state index contributed by atoms with van der Waals surface area (Å²) in [5.74, 6) is 0. The van der Waals surface area contributed by atoms with Crippen LogP contribution in [0.4, 0.5) is 4.79 Å². The van der Waals surface area contributed by atoms with E-state index in [4.69, 9.17) is 4.74 Å². The van der Waals surface area contributed by atoms with Crippen LogP contribution in [0.3, 0.4) is 0 Å². The van der Waals surface area contributed by atoms with Crippen molar-refractivity contribution in [3.63, 3.8) is 0 Å². The summed E-state index contributed by atoms with van der Waals surface area (Å²) < 4.78 is 5.17. The molecule has 0 heterocycles. The van der Waals surface area contributed by atoms with Crippen molar-refractivity contribution < 1.29 is 9.53 Å². The Labute approximate surface area is 111 Å². The monoisotopic (exact) mass is 259 g/mol. The van der Waals surface area contributed by atoms with E-state index < -0.39 is 5.60 Å². The van der Waals surface area contributed by atoms with Gasteiger partial charge < -0.3 is 20.3 Å². The maximum absolute atomic E-state index is 11.5. The van der Waals surface area contributed by atoms with Crippen LogP contribution in [0.1, 0.15) is 34.6 Å². The highest BCUT2D eigenvalue weighted by Gasteiger charge is 2.16. The molecule has 0 spiro atoms. The van der Waals surface area contributed by atoms with E-state index in [0.29, 0.717) is 12.6 Å². The van der Waals surface area contributed by atoms with Gasteiger partial charge in [-0.25, -0.2) is 4.79 Å². The maximum Gasteiger partial charge on any atom is 0.407 e. The highest BCUT2D eigenvalue weighted by molar-refractivity contribution is 5.67. The van der Waals surface area contributed by atoms with Crippen molar-refractivity contribution in [1.82, 2.24) is 15.5 Å². The van der Waals surface area contributed by atoms with E-state index in [0.717, 1.165) is 6.54 Å². The molecule has 0 aliphatic rings. The Morgan fingerprint density at radius 2 is 1.78 bits per heavy atom. The topological polar surface area (TPSA) is 53.6 Å². The van der Waals surface area contributed by atoms with Crippen molar-refractivity contribution in [3.8, 4) is 0 Å². The van der Waals surface area contributed by atoms with Gasteiger partial charge >= 0.3 is 6.09 Å². The van der Waals surface area contributed by atoms with Gasteiger partial charge in [-0.2, -0.15) is 0 Å². The quantitative estimate of drug-likeness (QED) is 0.758. The smallest absolute Gasteiger partial charge is 0.407 e. The zero-order valence-electron chi connectivity index (χ0n) is 12.8. The molecule has 2 N–H and O–H groups in total. The molecule has 0 fully saturated rings. The fraction of sp³-hybridized carbons (Fsp3) is 0.923. The second kappa shape index (κ2) is 7.59. The van der Waals surface area contributed by atoms with Crippen LogP contribution in [0.25, 0.3) is 0 Å². The number of likely N-dealkylation sites (N-methyl/N-ethyl adjacent to an activating group) is 1. The molecule has 0 saturated carbocycles. The first-order valence-corrected chi connectivity index (χ1v) is 6.48. The van der Waals surface area contributed by atoms with Crippen molar-refractivity contribution in [1.29, 1.82) is 0 Å². The van der Waals surface area contributed by atoms with Crippen molar-refractivity contribution in [2.75, 3.05) is 27.2 Å². The van der Waals surface area contributed by atoms with Crippen LogP contribution in [0.2, 0.25) is 0 Å². The zero-order chi connectivity index (χ0) is 14.3. The number of nitrogens with one attached hydrogen (secondary N) is 2. The normalized spacial score (nSPS) is 15.3. The maximum atomic E-state index is 11.5. The van der Waals surface area contributed by atoms with Gasteiger partial charge in [0.2, 0.25) is 0 Å². The standard InChI is InChI=1S/C13H29N3O2/c1-10(15-11(2)9-16(6)7)8-14-12(17)18-13(3,4)5/h10-11,15H,8-9H2,1-7H3,(H,14,17). The molecule has 0 radical (unpaired) electrons. The van der Waals surface area contributed by atoms with Gasteiger partial charge in [-0.15, -0.1) is 0 Å². The fourth-order valence-electron chi connectivity index (χ4n) is 1.70. The molecule has 0 aliphatic heterocycles. The molecule has 2 atom stereocenters. The van der Waals surface area contributed by atoms with Gasteiger partial charge in [0.1, 0.15) is 5.60 Å². The van der Waals surface area contributed by atoms with E-state index in [9.17, 15) is 4.79 Å². The highest BCUT2D eigenvalue weighted by atomic mass is 16.6. The van der Waals surface area contributed by atoms with Gasteiger partial charge in [0.05, 0.1) is 0 Å². The Morgan fingerprint density at radius 1 is 1.22 bits per heavy atom. The first kappa shape index (κ1) is 17.2. The van der Waals surface area contributed by atoms with E-state index in [-0.39, 0.29) is 12.1 Å². The number of amides is 1. The highest BCUT2D eigenvalue weighted by Crippen LogP contribution is 2.06. The summed E-state index contributed by atoms with van der Waals surface area (Å²) in [6.45, 7) is 11.3. The van der Waals surface area contributed by atoms with Crippen LogP contribution in [0.5, 0.6) is 0 Å². The fourth-order valence-corrected chi connectivity index (χ4v) is 1.70. The molecular formula is C13H29N3O2. The molecule has 0 aliphatic carbocycles. The lowest BCUT2D eigenvalue weighted by Gasteiger charge is -2.24. The molecule has 0 aromatic rings. The van der Waals surface area contributed by atoms with Crippen molar-refractivity contribution in [2.45, 2.75) is 52.3 Å². The SMILES string of the molecule is CC(CNC(=O)OC(C)(C)C)NC(C)CN(C)C. The van der Waals surface area contributed by atoms with Crippen LogP contribution in [0, 0.1) is 0 Å². The Kier molecular flexibility index (Phi) is 7.25. The Bertz CT molecular complexity index is 249. The molecule has 0 aromatic heterocycles. The molecule has 108 valence electrons. The summed E-state index contributed by atoms with van der Waals surface area (Å²) in [4.78, 5) is 13.6. The minimum absolute atomic E-state index is 0.215. The van der Waals surface area contributed by atoms with Crippen molar-refractivity contribution in [2.24, 2.45) is 0 Å². The molecule has 1 amide bonds. The average molecular weight is 259 g/mol. The second-order valence-electron chi connectivity index (χ2n) is 6.11. The average Bonchev–Trinajstić information content (AvgIpc) is 2.10. The van der Waals surface area contributed by atoms with Crippen molar-refractivity contribution >= 4 is 6.09 Å². The summed E-state index contributed by atoms with van der Waals surface area (Å²) in [5, 5.41) is 6.18. The third-order valence-electron chi connectivity index (χ3n) is 2.16. The number of carbonyl (C=O) groups excluding carboxylic acids is 1. The predicted molar refractivity (Wildman–Crippen MR) is 74.9 cm³/mol. The van der Waals surface area contributed by atoms with Crippen LogP contribution in [-0.2, 0) is 4.74 Å². The largest absolute Gasteiger partial charge is 0.444 e. The number of nitrogens with zero attached hydrogens (tertiary/aromatic N) is 1.